The van der Waals surface area contributed by atoms with E-state index in [2.05, 4.69) is 0 Å². The number of esters is 2. The molecule has 0 aliphatic carbocycles. The van der Waals surface area contributed by atoms with Crippen molar-refractivity contribution in [2.45, 2.75) is 20.3 Å². The molecule has 0 aliphatic rings. The van der Waals surface area contributed by atoms with E-state index in [4.69, 9.17) is 19.7 Å². The Bertz CT molecular complexity index is 216. The van der Waals surface area contributed by atoms with Crippen LogP contribution >= 0.6 is 0 Å². The highest BCUT2D eigenvalue weighted by molar-refractivity contribution is 5.91. The first-order valence-electron chi connectivity index (χ1n) is 5.52. The van der Waals surface area contributed by atoms with Crippen LogP contribution in [0.5, 0.6) is 0 Å². The van der Waals surface area contributed by atoms with Crippen molar-refractivity contribution >= 4 is 11.9 Å². The number of hydrogen-bond donors (Lipinski definition) is 2. The van der Waals surface area contributed by atoms with Gasteiger partial charge in [0.05, 0.1) is 13.2 Å². The van der Waals surface area contributed by atoms with Crippen LogP contribution < -0.4 is 0 Å². The predicted octanol–water partition coefficient (Wildman–Crippen LogP) is -0.280. The summed E-state index contributed by atoms with van der Waals surface area (Å²) in [5.41, 5.74) is 0. The van der Waals surface area contributed by atoms with Crippen molar-refractivity contribution in [3.8, 4) is 0 Å². The Balaban J connectivity index is 3.69. The lowest BCUT2D eigenvalue weighted by molar-refractivity contribution is -0.156. The van der Waals surface area contributed by atoms with Gasteiger partial charge in [0.2, 0.25) is 0 Å². The molecule has 17 heavy (non-hydrogen) atoms. The highest BCUT2D eigenvalue weighted by Gasteiger charge is 2.14. The highest BCUT2D eigenvalue weighted by atomic mass is 16.6. The SMILES string of the molecule is CC(CO)COC(=O)CC(=O)OCC(C)CO. The molecule has 2 N–H and O–H groups in total. The molecule has 0 aliphatic heterocycles. The second-order valence-corrected chi connectivity index (χ2v) is 4.12. The van der Waals surface area contributed by atoms with Crippen LogP contribution in [0.25, 0.3) is 0 Å². The molecule has 100 valence electrons. The van der Waals surface area contributed by atoms with Crippen molar-refractivity contribution in [3.05, 3.63) is 0 Å². The summed E-state index contributed by atoms with van der Waals surface area (Å²) in [7, 11) is 0. The molecule has 0 amide bonds. The maximum absolute atomic E-state index is 11.1. The van der Waals surface area contributed by atoms with E-state index in [-0.39, 0.29) is 38.3 Å². The van der Waals surface area contributed by atoms with E-state index in [1.807, 2.05) is 0 Å². The van der Waals surface area contributed by atoms with Crippen molar-refractivity contribution in [1.29, 1.82) is 0 Å². The molecule has 0 spiro atoms. The number of carbonyl (C=O) groups is 2. The molecule has 0 aromatic carbocycles. The van der Waals surface area contributed by atoms with E-state index < -0.39 is 18.4 Å². The van der Waals surface area contributed by atoms with Crippen LogP contribution in [0, 0.1) is 11.8 Å². The second-order valence-electron chi connectivity index (χ2n) is 4.12. The van der Waals surface area contributed by atoms with Gasteiger partial charge in [-0.1, -0.05) is 13.8 Å². The van der Waals surface area contributed by atoms with Gasteiger partial charge in [0.25, 0.3) is 0 Å². The molecule has 2 atom stereocenters. The van der Waals surface area contributed by atoms with Crippen molar-refractivity contribution in [1.82, 2.24) is 0 Å². The van der Waals surface area contributed by atoms with E-state index >= 15 is 0 Å². The predicted molar refractivity (Wildman–Crippen MR) is 59.0 cm³/mol. The van der Waals surface area contributed by atoms with Gasteiger partial charge < -0.3 is 19.7 Å². The number of ether oxygens (including phenoxy) is 2. The molecular weight excluding hydrogens is 228 g/mol. The smallest absolute Gasteiger partial charge is 0.317 e. The standard InChI is InChI=1S/C11H20O6/c1-8(4-12)6-16-10(14)3-11(15)17-7-9(2)5-13/h8-9,12-13H,3-7H2,1-2H3. The Morgan fingerprint density at radius 1 is 0.941 bits per heavy atom. The number of carbonyl (C=O) groups excluding carboxylic acids is 2. The lowest BCUT2D eigenvalue weighted by Crippen LogP contribution is -2.20. The molecular formula is C11H20O6. The van der Waals surface area contributed by atoms with Crippen LogP contribution in [0.4, 0.5) is 0 Å². The summed E-state index contributed by atoms with van der Waals surface area (Å²) >= 11 is 0. The summed E-state index contributed by atoms with van der Waals surface area (Å²) in [5, 5.41) is 17.4. The monoisotopic (exact) mass is 248 g/mol. The molecule has 0 bridgehead atoms. The molecule has 0 aromatic rings. The zero-order valence-corrected chi connectivity index (χ0v) is 10.2. The minimum Gasteiger partial charge on any atom is -0.465 e. The van der Waals surface area contributed by atoms with Gasteiger partial charge >= 0.3 is 11.9 Å². The molecule has 0 aromatic heterocycles. The van der Waals surface area contributed by atoms with E-state index in [0.717, 1.165) is 0 Å². The summed E-state index contributed by atoms with van der Waals surface area (Å²) in [4.78, 5) is 22.3. The average molecular weight is 248 g/mol. The first-order chi connectivity index (χ1) is 7.99. The first kappa shape index (κ1) is 15.9. The average Bonchev–Trinajstić information content (AvgIpc) is 2.32. The minimum absolute atomic E-state index is 0.0776. The van der Waals surface area contributed by atoms with E-state index in [9.17, 15) is 9.59 Å². The molecule has 6 heteroatoms. The van der Waals surface area contributed by atoms with E-state index in [1.54, 1.807) is 13.8 Å². The topological polar surface area (TPSA) is 93.1 Å². The number of aliphatic hydroxyl groups excluding tert-OH is 2. The summed E-state index contributed by atoms with van der Waals surface area (Å²) in [5.74, 6) is -1.65. The Morgan fingerprint density at radius 3 is 1.59 bits per heavy atom. The first-order valence-corrected chi connectivity index (χ1v) is 5.52. The highest BCUT2D eigenvalue weighted by Crippen LogP contribution is 1.99. The van der Waals surface area contributed by atoms with Crippen LogP contribution in [0.3, 0.4) is 0 Å². The Hall–Kier alpha value is -1.14. The summed E-state index contributed by atoms with van der Waals surface area (Å²) in [6.07, 6.45) is -0.448. The van der Waals surface area contributed by atoms with Crippen LogP contribution in [-0.4, -0.2) is 48.6 Å². The Morgan fingerprint density at radius 2 is 1.29 bits per heavy atom. The molecule has 2 unspecified atom stereocenters. The zero-order valence-electron chi connectivity index (χ0n) is 10.2. The second kappa shape index (κ2) is 8.95. The molecule has 0 saturated heterocycles. The molecule has 0 fully saturated rings. The van der Waals surface area contributed by atoms with Gasteiger partial charge in [-0.05, 0) is 0 Å². The third-order valence-electron chi connectivity index (χ3n) is 1.97. The van der Waals surface area contributed by atoms with Crippen molar-refractivity contribution < 1.29 is 29.3 Å². The van der Waals surface area contributed by atoms with Gasteiger partial charge in [-0.15, -0.1) is 0 Å². The minimum atomic E-state index is -0.674. The fourth-order valence-corrected chi connectivity index (χ4v) is 0.796. The lowest BCUT2D eigenvalue weighted by atomic mass is 10.2. The van der Waals surface area contributed by atoms with Crippen LogP contribution in [0.15, 0.2) is 0 Å². The van der Waals surface area contributed by atoms with E-state index in [1.165, 1.54) is 0 Å². The maximum Gasteiger partial charge on any atom is 0.317 e. The zero-order chi connectivity index (χ0) is 13.3. The molecule has 0 saturated carbocycles. The van der Waals surface area contributed by atoms with Gasteiger partial charge in [0.1, 0.15) is 6.42 Å². The Kier molecular flexibility index (Phi) is 8.35. The van der Waals surface area contributed by atoms with Gasteiger partial charge in [-0.2, -0.15) is 0 Å². The molecule has 6 nitrogen and oxygen atoms in total. The number of rotatable bonds is 8. The normalized spacial score (nSPS) is 13.9. The van der Waals surface area contributed by atoms with Gasteiger partial charge in [-0.25, -0.2) is 0 Å². The van der Waals surface area contributed by atoms with E-state index in [0.29, 0.717) is 0 Å². The number of hydrogen-bond acceptors (Lipinski definition) is 6. The summed E-state index contributed by atoms with van der Waals surface area (Å²) < 4.78 is 9.50. The van der Waals surface area contributed by atoms with Crippen molar-refractivity contribution in [2.75, 3.05) is 26.4 Å². The number of aliphatic hydroxyl groups is 2. The molecule has 0 radical (unpaired) electrons. The molecule has 0 heterocycles. The van der Waals surface area contributed by atoms with Crippen LogP contribution in [0.1, 0.15) is 20.3 Å². The van der Waals surface area contributed by atoms with Gasteiger partial charge in [0, 0.05) is 25.0 Å². The third-order valence-corrected chi connectivity index (χ3v) is 1.97. The van der Waals surface area contributed by atoms with Crippen molar-refractivity contribution in [3.63, 3.8) is 0 Å². The quantitative estimate of drug-likeness (QED) is 0.453. The summed E-state index contributed by atoms with van der Waals surface area (Å²) in [6.45, 7) is 3.44. The van der Waals surface area contributed by atoms with Gasteiger partial charge in [-0.3, -0.25) is 9.59 Å². The van der Waals surface area contributed by atoms with Crippen molar-refractivity contribution in [2.24, 2.45) is 11.8 Å². The fraction of sp³-hybridized carbons (Fsp3) is 0.818. The third kappa shape index (κ3) is 8.65. The molecule has 0 rings (SSSR count). The van der Waals surface area contributed by atoms with Crippen LogP contribution in [-0.2, 0) is 19.1 Å². The van der Waals surface area contributed by atoms with Gasteiger partial charge in [0.15, 0.2) is 0 Å². The lowest BCUT2D eigenvalue weighted by Gasteiger charge is -2.10. The van der Waals surface area contributed by atoms with Crippen LogP contribution in [0.2, 0.25) is 0 Å². The fourth-order valence-electron chi connectivity index (χ4n) is 0.796. The maximum atomic E-state index is 11.1. The largest absolute Gasteiger partial charge is 0.465 e. The Labute approximate surface area is 101 Å². The summed E-state index contributed by atoms with van der Waals surface area (Å²) in [6, 6.07) is 0.